The zero-order valence-electron chi connectivity index (χ0n) is 29.3. The smallest absolute Gasteiger partial charge is 0.315 e. The molecule has 0 aromatic heterocycles. The minimum absolute atomic E-state index is 0.217. The molecule has 0 aliphatic carbocycles. The van der Waals surface area contributed by atoms with Crippen LogP contribution in [0.1, 0.15) is 25.7 Å². The average Bonchev–Trinajstić information content (AvgIpc) is 3.12. The second-order valence-corrected chi connectivity index (χ2v) is 14.7. The summed E-state index contributed by atoms with van der Waals surface area (Å²) in [6, 6.07) is 0. The normalized spacial score (nSPS) is 20.5. The number of thioether (sulfide) groups is 4. The van der Waals surface area contributed by atoms with Gasteiger partial charge >= 0.3 is 23.9 Å². The molecule has 0 aromatic carbocycles. The first kappa shape index (κ1) is 46.1. The second kappa shape index (κ2) is 30.6. The van der Waals surface area contributed by atoms with E-state index < -0.39 is 30.7 Å². The fourth-order valence-corrected chi connectivity index (χ4v) is 7.23. The predicted octanol–water partition coefficient (Wildman–Crippen LogP) is 2.72. The highest BCUT2D eigenvalue weighted by molar-refractivity contribution is 8.00. The Hall–Kier alpha value is -0.960. The highest BCUT2D eigenvalue weighted by Gasteiger charge is 2.48. The summed E-state index contributed by atoms with van der Waals surface area (Å²) in [7, 11) is 7.01. The van der Waals surface area contributed by atoms with Crippen LogP contribution < -0.4 is 0 Å². The van der Waals surface area contributed by atoms with Crippen LogP contribution in [-0.4, -0.2) is 169 Å². The predicted molar refractivity (Wildman–Crippen MR) is 192 cm³/mol. The summed E-state index contributed by atoms with van der Waals surface area (Å²) >= 11 is 5.88. The lowest BCUT2D eigenvalue weighted by molar-refractivity contribution is -0.318. The van der Waals surface area contributed by atoms with Crippen LogP contribution in [-0.2, 0) is 66.5 Å². The molecule has 286 valence electrons. The van der Waals surface area contributed by atoms with Crippen molar-refractivity contribution < 1.29 is 66.5 Å². The van der Waals surface area contributed by atoms with Gasteiger partial charge in [-0.15, -0.1) is 0 Å². The molecule has 1 aliphatic rings. The molecule has 1 heterocycles. The third kappa shape index (κ3) is 21.9. The number of hydrogen-bond donors (Lipinski definition) is 0. The Morgan fingerprint density at radius 1 is 0.510 bits per heavy atom. The van der Waals surface area contributed by atoms with Gasteiger partial charge in [0.15, 0.2) is 6.29 Å². The van der Waals surface area contributed by atoms with Crippen LogP contribution >= 0.6 is 47.0 Å². The van der Waals surface area contributed by atoms with Gasteiger partial charge < -0.3 is 47.4 Å². The summed E-state index contributed by atoms with van der Waals surface area (Å²) in [6.45, 7) is 1.80. The largest absolute Gasteiger partial charge is 0.468 e. The first-order valence-electron chi connectivity index (χ1n) is 16.0. The molecule has 14 nitrogen and oxygen atoms in total. The van der Waals surface area contributed by atoms with Gasteiger partial charge in [-0.05, 0) is 48.7 Å². The van der Waals surface area contributed by atoms with Gasteiger partial charge in [-0.25, -0.2) is 0 Å². The topological polar surface area (TPSA) is 161 Å². The number of hydrogen-bond acceptors (Lipinski definition) is 18. The lowest BCUT2D eigenvalue weighted by Crippen LogP contribution is -2.62. The van der Waals surface area contributed by atoms with Gasteiger partial charge in [-0.1, -0.05) is 0 Å². The molecule has 1 saturated heterocycles. The maximum atomic E-state index is 11.5. The molecule has 0 unspecified atom stereocenters. The Bertz CT molecular complexity index is 902. The van der Waals surface area contributed by atoms with E-state index in [2.05, 4.69) is 4.74 Å². The molecule has 0 bridgehead atoms. The Labute approximate surface area is 307 Å². The summed E-state index contributed by atoms with van der Waals surface area (Å²) in [5.74, 6) is 2.80. The highest BCUT2D eigenvalue weighted by Crippen LogP contribution is 2.30. The van der Waals surface area contributed by atoms with Gasteiger partial charge in [0.25, 0.3) is 0 Å². The lowest BCUT2D eigenvalue weighted by Gasteiger charge is -2.45. The van der Waals surface area contributed by atoms with Crippen LogP contribution in [0.25, 0.3) is 0 Å². The van der Waals surface area contributed by atoms with E-state index in [1.807, 2.05) is 0 Å². The summed E-state index contributed by atoms with van der Waals surface area (Å²) in [4.78, 5) is 45.8. The molecule has 0 saturated carbocycles. The van der Waals surface area contributed by atoms with Crippen molar-refractivity contribution in [2.45, 2.75) is 56.4 Å². The molecule has 1 fully saturated rings. The number of carbonyl (C=O) groups is 4. The number of rotatable bonds is 30. The first-order chi connectivity index (χ1) is 23.8. The van der Waals surface area contributed by atoms with E-state index in [9.17, 15) is 19.2 Å². The molecule has 0 radical (unpaired) electrons. The minimum Gasteiger partial charge on any atom is -0.468 e. The molecular weight excluding hydrogens is 725 g/mol. The molecule has 0 amide bonds. The van der Waals surface area contributed by atoms with Crippen LogP contribution in [0.3, 0.4) is 0 Å². The minimum atomic E-state index is -0.763. The van der Waals surface area contributed by atoms with E-state index in [-0.39, 0.29) is 53.5 Å². The van der Waals surface area contributed by atoms with Crippen molar-refractivity contribution in [2.75, 3.05) is 115 Å². The second-order valence-electron chi connectivity index (χ2n) is 10.3. The third-order valence-corrected chi connectivity index (χ3v) is 10.8. The SMILES string of the molecule is COC(=O)CSCCCOC[C@H]1O[C@H](OC)[C@H](OCCCSCC(=O)OC)[C@@H](OCCCSCC(=O)OC)[C@@H]1OCCCSCC(=O)OC. The Kier molecular flexibility index (Phi) is 28.8. The van der Waals surface area contributed by atoms with Crippen LogP contribution in [0.4, 0.5) is 0 Å². The zero-order chi connectivity index (χ0) is 36.1. The van der Waals surface area contributed by atoms with Crippen molar-refractivity contribution in [1.82, 2.24) is 0 Å². The Morgan fingerprint density at radius 3 is 1.27 bits per heavy atom. The molecule has 1 aliphatic heterocycles. The molecule has 0 aromatic rings. The van der Waals surface area contributed by atoms with Gasteiger partial charge in [-0.2, -0.15) is 47.0 Å². The van der Waals surface area contributed by atoms with Crippen molar-refractivity contribution >= 4 is 70.9 Å². The van der Waals surface area contributed by atoms with Gasteiger partial charge in [0, 0.05) is 33.5 Å². The average molecular weight is 779 g/mol. The van der Waals surface area contributed by atoms with Crippen molar-refractivity contribution in [3.05, 3.63) is 0 Å². The third-order valence-electron chi connectivity index (χ3n) is 6.70. The fraction of sp³-hybridized carbons (Fsp3) is 0.871. The zero-order valence-corrected chi connectivity index (χ0v) is 32.5. The lowest BCUT2D eigenvalue weighted by atomic mass is 9.98. The molecule has 1 rings (SSSR count). The monoisotopic (exact) mass is 778 g/mol. The van der Waals surface area contributed by atoms with Gasteiger partial charge in [0.05, 0.1) is 58.1 Å². The molecule has 5 atom stereocenters. The van der Waals surface area contributed by atoms with E-state index in [4.69, 9.17) is 42.6 Å². The van der Waals surface area contributed by atoms with Gasteiger partial charge in [0.1, 0.15) is 24.4 Å². The van der Waals surface area contributed by atoms with E-state index in [1.54, 1.807) is 7.11 Å². The summed E-state index contributed by atoms with van der Waals surface area (Å²) in [6.07, 6.45) is -0.297. The molecule has 18 heteroatoms. The Balaban J connectivity index is 2.95. The van der Waals surface area contributed by atoms with Crippen molar-refractivity contribution in [2.24, 2.45) is 0 Å². The fourth-order valence-electron chi connectivity index (χ4n) is 4.23. The molecule has 49 heavy (non-hydrogen) atoms. The number of methoxy groups -OCH3 is 5. The van der Waals surface area contributed by atoms with Crippen LogP contribution in [0.5, 0.6) is 0 Å². The van der Waals surface area contributed by atoms with E-state index >= 15 is 0 Å². The standard InChI is InChI=1S/C31H54O14S4/c1-36-24(32)19-46-14-6-10-41-18-23-28(42-11-7-15-47-20-25(33)37-2)29(43-12-8-16-48-21-26(34)38-3)30(31(40-5)45-23)44-13-9-17-49-22-27(35)39-4/h23,28-31H,6-22H2,1-5H3/t23-,28-,29+,30-,31+/m1/s1. The van der Waals surface area contributed by atoms with Gasteiger partial charge in [-0.3, -0.25) is 19.2 Å². The van der Waals surface area contributed by atoms with Crippen molar-refractivity contribution in [3.63, 3.8) is 0 Å². The number of esters is 4. The summed E-state index contributed by atoms with van der Waals surface area (Å²) < 4.78 is 56.2. The highest BCUT2D eigenvalue weighted by atomic mass is 32.2. The van der Waals surface area contributed by atoms with E-state index in [1.165, 1.54) is 75.5 Å². The summed E-state index contributed by atoms with van der Waals surface area (Å²) in [5, 5.41) is 0. The summed E-state index contributed by atoms with van der Waals surface area (Å²) in [5.41, 5.74) is 0. The number of ether oxygens (including phenoxy) is 10. The number of carbonyl (C=O) groups excluding carboxylic acids is 4. The first-order valence-corrected chi connectivity index (χ1v) is 20.6. The van der Waals surface area contributed by atoms with E-state index in [0.717, 1.165) is 12.2 Å². The van der Waals surface area contributed by atoms with E-state index in [0.29, 0.717) is 62.9 Å². The van der Waals surface area contributed by atoms with Crippen LogP contribution in [0, 0.1) is 0 Å². The molecule has 0 spiro atoms. The van der Waals surface area contributed by atoms with Crippen molar-refractivity contribution in [1.29, 1.82) is 0 Å². The Morgan fingerprint density at radius 2 is 0.878 bits per heavy atom. The van der Waals surface area contributed by atoms with Gasteiger partial charge in [0.2, 0.25) is 0 Å². The maximum absolute atomic E-state index is 11.5. The quantitative estimate of drug-likeness (QED) is 0.0594. The van der Waals surface area contributed by atoms with Crippen LogP contribution in [0.15, 0.2) is 0 Å². The van der Waals surface area contributed by atoms with Crippen molar-refractivity contribution in [3.8, 4) is 0 Å². The maximum Gasteiger partial charge on any atom is 0.315 e. The van der Waals surface area contributed by atoms with Crippen LogP contribution in [0.2, 0.25) is 0 Å². The molecular formula is C31H54O14S4. The molecule has 0 N–H and O–H groups in total.